The van der Waals surface area contributed by atoms with Gasteiger partial charge in [-0.05, 0) is 18.2 Å². The molecule has 0 radical (unpaired) electrons. The second kappa shape index (κ2) is 5.44. The van der Waals surface area contributed by atoms with Crippen molar-refractivity contribution in [2.24, 2.45) is 0 Å². The maximum atomic E-state index is 13.1. The highest BCUT2D eigenvalue weighted by molar-refractivity contribution is 6.30. The molecule has 6 heteroatoms. The predicted octanol–water partition coefficient (Wildman–Crippen LogP) is 1.41. The fraction of sp³-hybridized carbons (Fsp3) is 0.364. The molecule has 1 aromatic rings. The molecule has 2 rings (SSSR count). The summed E-state index contributed by atoms with van der Waals surface area (Å²) in [6.07, 6.45) is -0.539. The van der Waals surface area contributed by atoms with Crippen molar-refractivity contribution in [3.05, 3.63) is 29.0 Å². The Kier molecular flexibility index (Phi) is 3.93. The Morgan fingerprint density at radius 2 is 2.41 bits per heavy atom. The van der Waals surface area contributed by atoms with Crippen LogP contribution in [0.25, 0.3) is 0 Å². The molecular weight excluding hydrogens is 247 g/mol. The molecular formula is C11H12ClFN2O2. The third-order valence-corrected chi connectivity index (χ3v) is 2.71. The Labute approximate surface area is 103 Å². The van der Waals surface area contributed by atoms with E-state index in [-0.39, 0.29) is 10.9 Å². The van der Waals surface area contributed by atoms with Crippen molar-refractivity contribution >= 4 is 23.2 Å². The van der Waals surface area contributed by atoms with Gasteiger partial charge in [0.05, 0.1) is 11.6 Å². The van der Waals surface area contributed by atoms with E-state index in [1.54, 1.807) is 6.07 Å². The van der Waals surface area contributed by atoms with Crippen LogP contribution in [0.15, 0.2) is 18.2 Å². The molecule has 1 aliphatic rings. The van der Waals surface area contributed by atoms with Gasteiger partial charge in [-0.2, -0.15) is 0 Å². The lowest BCUT2D eigenvalue weighted by molar-refractivity contribution is -0.128. The van der Waals surface area contributed by atoms with E-state index in [9.17, 15) is 9.18 Å². The normalized spacial score (nSPS) is 20.0. The molecule has 4 nitrogen and oxygen atoms in total. The minimum absolute atomic E-state index is 0.0265. The molecule has 1 heterocycles. The predicted molar refractivity (Wildman–Crippen MR) is 62.6 cm³/mol. The highest BCUT2D eigenvalue weighted by atomic mass is 35.5. The van der Waals surface area contributed by atoms with Crippen molar-refractivity contribution in [1.82, 2.24) is 5.32 Å². The number of nitrogens with one attached hydrogen (secondary N) is 2. The van der Waals surface area contributed by atoms with Gasteiger partial charge in [-0.15, -0.1) is 0 Å². The number of rotatable bonds is 2. The molecule has 1 saturated heterocycles. The van der Waals surface area contributed by atoms with Gasteiger partial charge in [0.15, 0.2) is 0 Å². The van der Waals surface area contributed by atoms with Crippen molar-refractivity contribution in [2.75, 3.05) is 25.0 Å². The third-order valence-electron chi connectivity index (χ3n) is 2.41. The van der Waals surface area contributed by atoms with Crippen LogP contribution in [-0.4, -0.2) is 31.7 Å². The van der Waals surface area contributed by atoms with E-state index < -0.39 is 11.9 Å². The minimum atomic E-state index is -0.563. The molecule has 1 atom stereocenters. The van der Waals surface area contributed by atoms with Gasteiger partial charge < -0.3 is 15.4 Å². The largest absolute Gasteiger partial charge is 0.366 e. The van der Waals surface area contributed by atoms with Crippen molar-refractivity contribution in [3.63, 3.8) is 0 Å². The molecule has 0 bridgehead atoms. The summed E-state index contributed by atoms with van der Waals surface area (Å²) < 4.78 is 18.4. The van der Waals surface area contributed by atoms with Crippen molar-refractivity contribution < 1.29 is 13.9 Å². The molecule has 17 heavy (non-hydrogen) atoms. The Morgan fingerprint density at radius 1 is 1.59 bits per heavy atom. The van der Waals surface area contributed by atoms with Crippen molar-refractivity contribution in [2.45, 2.75) is 6.10 Å². The van der Waals surface area contributed by atoms with E-state index in [0.717, 1.165) is 6.54 Å². The van der Waals surface area contributed by atoms with Gasteiger partial charge in [0.1, 0.15) is 11.9 Å². The maximum absolute atomic E-state index is 13.1. The molecule has 1 amide bonds. The first-order chi connectivity index (χ1) is 8.16. The Balaban J connectivity index is 1.99. The number of halogens is 2. The average molecular weight is 259 g/mol. The summed E-state index contributed by atoms with van der Waals surface area (Å²) >= 11 is 5.54. The molecule has 1 unspecified atom stereocenters. The zero-order valence-electron chi connectivity index (χ0n) is 9.00. The molecule has 1 aliphatic heterocycles. The van der Waals surface area contributed by atoms with E-state index in [1.165, 1.54) is 12.1 Å². The molecule has 92 valence electrons. The van der Waals surface area contributed by atoms with E-state index >= 15 is 0 Å². The molecule has 2 N–H and O–H groups in total. The number of carbonyl (C=O) groups is 1. The van der Waals surface area contributed by atoms with E-state index in [0.29, 0.717) is 18.8 Å². The summed E-state index contributed by atoms with van der Waals surface area (Å²) in [5.41, 5.74) is 0.367. The maximum Gasteiger partial charge on any atom is 0.254 e. The number of amides is 1. The first-order valence-electron chi connectivity index (χ1n) is 5.25. The van der Waals surface area contributed by atoms with Crippen LogP contribution < -0.4 is 10.6 Å². The molecule has 0 spiro atoms. The van der Waals surface area contributed by atoms with Crippen LogP contribution >= 0.6 is 11.6 Å². The second-order valence-electron chi connectivity index (χ2n) is 3.68. The summed E-state index contributed by atoms with van der Waals surface area (Å²) in [6.45, 7) is 1.69. The van der Waals surface area contributed by atoms with Gasteiger partial charge in [0, 0.05) is 18.8 Å². The summed E-state index contributed by atoms with van der Waals surface area (Å²) in [7, 11) is 0. The molecule has 0 saturated carbocycles. The zero-order valence-corrected chi connectivity index (χ0v) is 9.76. The summed E-state index contributed by atoms with van der Waals surface area (Å²) in [6, 6.07) is 4.11. The first kappa shape index (κ1) is 12.3. The van der Waals surface area contributed by atoms with Gasteiger partial charge in [-0.1, -0.05) is 11.6 Å². The fourth-order valence-corrected chi connectivity index (χ4v) is 1.65. The van der Waals surface area contributed by atoms with Crippen LogP contribution in [0.1, 0.15) is 0 Å². The Hall–Kier alpha value is -1.17. The highest BCUT2D eigenvalue weighted by Gasteiger charge is 2.21. The number of hydrogen-bond donors (Lipinski definition) is 2. The first-order valence-corrected chi connectivity index (χ1v) is 5.63. The van der Waals surface area contributed by atoms with Crippen LogP contribution in [0.3, 0.4) is 0 Å². The molecule has 1 aromatic carbocycles. The van der Waals surface area contributed by atoms with Crippen molar-refractivity contribution in [1.29, 1.82) is 0 Å². The summed E-state index contributed by atoms with van der Waals surface area (Å²) in [5.74, 6) is -0.855. The number of benzene rings is 1. The molecule has 1 fully saturated rings. The number of anilines is 1. The van der Waals surface area contributed by atoms with Crippen LogP contribution in [-0.2, 0) is 9.53 Å². The molecule has 0 aromatic heterocycles. The van der Waals surface area contributed by atoms with Gasteiger partial charge in [-0.25, -0.2) is 4.39 Å². The van der Waals surface area contributed by atoms with Crippen LogP contribution in [0.2, 0.25) is 5.02 Å². The van der Waals surface area contributed by atoms with Gasteiger partial charge in [-0.3, -0.25) is 4.79 Å². The van der Waals surface area contributed by atoms with Crippen LogP contribution in [0.5, 0.6) is 0 Å². The number of hydrogen-bond acceptors (Lipinski definition) is 3. The number of ether oxygens (including phenoxy) is 1. The lowest BCUT2D eigenvalue weighted by Crippen LogP contribution is -2.45. The summed E-state index contributed by atoms with van der Waals surface area (Å²) in [4.78, 5) is 11.7. The van der Waals surface area contributed by atoms with Crippen molar-refractivity contribution in [3.8, 4) is 0 Å². The third kappa shape index (κ3) is 3.15. The average Bonchev–Trinajstić information content (AvgIpc) is 2.35. The number of carbonyl (C=O) groups excluding carboxylic acids is 1. The number of morpholine rings is 1. The van der Waals surface area contributed by atoms with Gasteiger partial charge >= 0.3 is 0 Å². The van der Waals surface area contributed by atoms with Crippen LogP contribution in [0.4, 0.5) is 10.1 Å². The molecule has 0 aliphatic carbocycles. The fourth-order valence-electron chi connectivity index (χ4n) is 1.53. The monoisotopic (exact) mass is 258 g/mol. The highest BCUT2D eigenvalue weighted by Crippen LogP contribution is 2.18. The Bertz CT molecular complexity index is 422. The van der Waals surface area contributed by atoms with Gasteiger partial charge in [0.25, 0.3) is 5.91 Å². The SMILES string of the molecule is O=C(Nc1ccc(Cl)c(F)c1)C1CNCCO1. The summed E-state index contributed by atoms with van der Waals surface area (Å²) in [5, 5.41) is 5.64. The van der Waals surface area contributed by atoms with E-state index in [1.807, 2.05) is 0 Å². The smallest absolute Gasteiger partial charge is 0.254 e. The lowest BCUT2D eigenvalue weighted by Gasteiger charge is -2.22. The van der Waals surface area contributed by atoms with E-state index in [4.69, 9.17) is 16.3 Å². The second-order valence-corrected chi connectivity index (χ2v) is 4.09. The minimum Gasteiger partial charge on any atom is -0.366 e. The van der Waals surface area contributed by atoms with Crippen LogP contribution in [0, 0.1) is 5.82 Å². The topological polar surface area (TPSA) is 50.4 Å². The lowest BCUT2D eigenvalue weighted by atomic mass is 10.2. The standard InChI is InChI=1S/C11H12ClFN2O2/c12-8-2-1-7(5-9(8)13)15-11(16)10-6-14-3-4-17-10/h1-2,5,10,14H,3-4,6H2,(H,15,16). The van der Waals surface area contributed by atoms with E-state index in [2.05, 4.69) is 10.6 Å². The van der Waals surface area contributed by atoms with Gasteiger partial charge in [0.2, 0.25) is 0 Å². The zero-order chi connectivity index (χ0) is 12.3. The Morgan fingerprint density at radius 3 is 3.06 bits per heavy atom. The quantitative estimate of drug-likeness (QED) is 0.843.